The minimum atomic E-state index is -0.877. The number of aliphatic carboxylic acids is 1. The number of carbonyl (C=O) groups excluding carboxylic acids is 1. The van der Waals surface area contributed by atoms with E-state index < -0.39 is 17.8 Å². The van der Waals surface area contributed by atoms with Gasteiger partial charge in [0.15, 0.2) is 0 Å². The van der Waals surface area contributed by atoms with E-state index >= 15 is 0 Å². The molecule has 3 rings (SSSR count). The lowest BCUT2D eigenvalue weighted by molar-refractivity contribution is -0.148. The Morgan fingerprint density at radius 1 is 1.40 bits per heavy atom. The molecule has 0 aromatic carbocycles. The zero-order valence-electron chi connectivity index (χ0n) is 11.1. The SMILES string of the molecule is CC(NC(=O)[C@H]1C2C=CC(C2)[C@H]1C(=O)O)c1cn[nH]c1. The fraction of sp³-hybridized carbons (Fsp3) is 0.500. The normalized spacial score (nSPS) is 32.2. The molecule has 0 aliphatic heterocycles. The van der Waals surface area contributed by atoms with Crippen molar-refractivity contribution < 1.29 is 14.7 Å². The van der Waals surface area contributed by atoms with Gasteiger partial charge in [0.1, 0.15) is 0 Å². The van der Waals surface area contributed by atoms with Gasteiger partial charge in [-0.2, -0.15) is 5.10 Å². The van der Waals surface area contributed by atoms with Crippen LogP contribution in [0.4, 0.5) is 0 Å². The molecule has 0 spiro atoms. The second kappa shape index (κ2) is 4.77. The van der Waals surface area contributed by atoms with Crippen LogP contribution in [0.5, 0.6) is 0 Å². The van der Waals surface area contributed by atoms with Gasteiger partial charge in [0.05, 0.1) is 24.1 Å². The molecule has 1 aromatic heterocycles. The van der Waals surface area contributed by atoms with Crippen molar-refractivity contribution in [2.24, 2.45) is 23.7 Å². The molecule has 2 bridgehead atoms. The molecule has 1 fully saturated rings. The zero-order chi connectivity index (χ0) is 14.3. The number of allylic oxidation sites excluding steroid dienone is 2. The number of hydrogen-bond donors (Lipinski definition) is 3. The Kier molecular flexibility index (Phi) is 3.08. The third-order valence-corrected chi connectivity index (χ3v) is 4.43. The maximum absolute atomic E-state index is 12.4. The molecule has 0 radical (unpaired) electrons. The van der Waals surface area contributed by atoms with Gasteiger partial charge in [0, 0.05) is 11.8 Å². The molecule has 1 aromatic rings. The summed E-state index contributed by atoms with van der Waals surface area (Å²) in [6.07, 6.45) is 8.07. The minimum Gasteiger partial charge on any atom is -0.481 e. The van der Waals surface area contributed by atoms with Crippen molar-refractivity contribution in [2.45, 2.75) is 19.4 Å². The van der Waals surface area contributed by atoms with E-state index in [0.717, 1.165) is 12.0 Å². The molecule has 1 amide bonds. The van der Waals surface area contributed by atoms with E-state index in [-0.39, 0.29) is 23.8 Å². The lowest BCUT2D eigenvalue weighted by Gasteiger charge is -2.25. The lowest BCUT2D eigenvalue weighted by atomic mass is 9.82. The molecule has 6 heteroatoms. The summed E-state index contributed by atoms with van der Waals surface area (Å²) in [4.78, 5) is 23.8. The first-order valence-corrected chi connectivity index (χ1v) is 6.78. The van der Waals surface area contributed by atoms with Gasteiger partial charge in [0.25, 0.3) is 0 Å². The molecule has 106 valence electrons. The van der Waals surface area contributed by atoms with Crippen LogP contribution in [0.15, 0.2) is 24.5 Å². The Labute approximate surface area is 116 Å². The van der Waals surface area contributed by atoms with Crippen LogP contribution in [0, 0.1) is 23.7 Å². The second-order valence-corrected chi connectivity index (χ2v) is 5.60. The molecular weight excluding hydrogens is 258 g/mol. The Hall–Kier alpha value is -2.11. The highest BCUT2D eigenvalue weighted by molar-refractivity contribution is 5.87. The highest BCUT2D eigenvalue weighted by Crippen LogP contribution is 2.48. The molecule has 2 aliphatic rings. The van der Waals surface area contributed by atoms with Gasteiger partial charge in [-0.25, -0.2) is 0 Å². The van der Waals surface area contributed by atoms with E-state index in [2.05, 4.69) is 15.5 Å². The van der Waals surface area contributed by atoms with Crippen LogP contribution >= 0.6 is 0 Å². The molecule has 20 heavy (non-hydrogen) atoms. The highest BCUT2D eigenvalue weighted by atomic mass is 16.4. The first-order valence-electron chi connectivity index (χ1n) is 6.78. The number of carboxylic acids is 1. The van der Waals surface area contributed by atoms with E-state index in [1.54, 1.807) is 12.4 Å². The first-order chi connectivity index (χ1) is 9.58. The summed E-state index contributed by atoms with van der Waals surface area (Å²) in [7, 11) is 0. The number of fused-ring (bicyclic) bond motifs is 2. The largest absolute Gasteiger partial charge is 0.481 e. The predicted octanol–water partition coefficient (Wildman–Crippen LogP) is 1.11. The van der Waals surface area contributed by atoms with Crippen LogP contribution in [0.1, 0.15) is 24.9 Å². The van der Waals surface area contributed by atoms with Crippen molar-refractivity contribution in [1.29, 1.82) is 0 Å². The van der Waals surface area contributed by atoms with Crippen LogP contribution in [0.3, 0.4) is 0 Å². The van der Waals surface area contributed by atoms with Crippen molar-refractivity contribution in [2.75, 3.05) is 0 Å². The molecule has 5 atom stereocenters. The van der Waals surface area contributed by atoms with Crippen LogP contribution in [0.25, 0.3) is 0 Å². The van der Waals surface area contributed by atoms with E-state index in [4.69, 9.17) is 0 Å². The fourth-order valence-electron chi connectivity index (χ4n) is 3.41. The standard InChI is InChI=1S/C14H17N3O3/c1-7(10-5-15-16-6-10)17-13(18)11-8-2-3-9(4-8)12(11)14(19)20/h2-3,5-9,11-12H,4H2,1H3,(H,15,16)(H,17,18)(H,19,20)/t7?,8?,9?,11-,12+/m0/s1. The average molecular weight is 275 g/mol. The van der Waals surface area contributed by atoms with Gasteiger partial charge in [-0.15, -0.1) is 0 Å². The van der Waals surface area contributed by atoms with Crippen LogP contribution in [-0.4, -0.2) is 27.2 Å². The molecule has 6 nitrogen and oxygen atoms in total. The summed E-state index contributed by atoms with van der Waals surface area (Å²) in [6, 6.07) is -0.182. The molecule has 0 saturated heterocycles. The van der Waals surface area contributed by atoms with Crippen LogP contribution in [-0.2, 0) is 9.59 Å². The lowest BCUT2D eigenvalue weighted by Crippen LogP contribution is -2.41. The van der Waals surface area contributed by atoms with Gasteiger partial charge < -0.3 is 10.4 Å². The highest BCUT2D eigenvalue weighted by Gasteiger charge is 2.51. The van der Waals surface area contributed by atoms with Crippen molar-refractivity contribution in [3.05, 3.63) is 30.1 Å². The Morgan fingerprint density at radius 2 is 2.10 bits per heavy atom. The monoisotopic (exact) mass is 275 g/mol. The second-order valence-electron chi connectivity index (χ2n) is 5.60. The van der Waals surface area contributed by atoms with Crippen molar-refractivity contribution in [1.82, 2.24) is 15.5 Å². The Balaban J connectivity index is 1.73. The molecular formula is C14H17N3O3. The topological polar surface area (TPSA) is 95.1 Å². The van der Waals surface area contributed by atoms with Gasteiger partial charge in [-0.3, -0.25) is 14.7 Å². The maximum atomic E-state index is 12.4. The predicted molar refractivity (Wildman–Crippen MR) is 70.5 cm³/mol. The summed E-state index contributed by atoms with van der Waals surface area (Å²) in [5, 5.41) is 18.8. The third-order valence-electron chi connectivity index (χ3n) is 4.43. The summed E-state index contributed by atoms with van der Waals surface area (Å²) in [5.41, 5.74) is 0.879. The molecule has 1 saturated carbocycles. The molecule has 3 unspecified atom stereocenters. The van der Waals surface area contributed by atoms with E-state index in [1.165, 1.54) is 0 Å². The van der Waals surface area contributed by atoms with Crippen LogP contribution in [0.2, 0.25) is 0 Å². The van der Waals surface area contributed by atoms with Crippen molar-refractivity contribution in [3.8, 4) is 0 Å². The van der Waals surface area contributed by atoms with Gasteiger partial charge in [-0.1, -0.05) is 12.2 Å². The summed E-state index contributed by atoms with van der Waals surface area (Å²) < 4.78 is 0. The van der Waals surface area contributed by atoms with Gasteiger partial charge in [0.2, 0.25) is 5.91 Å². The van der Waals surface area contributed by atoms with Crippen LogP contribution < -0.4 is 5.32 Å². The number of H-pyrrole nitrogens is 1. The number of rotatable bonds is 4. The molecule has 1 heterocycles. The Bertz CT molecular complexity index is 552. The summed E-state index contributed by atoms with van der Waals surface area (Å²) >= 11 is 0. The third kappa shape index (κ3) is 2.01. The smallest absolute Gasteiger partial charge is 0.307 e. The van der Waals surface area contributed by atoms with Gasteiger partial charge in [-0.05, 0) is 25.2 Å². The van der Waals surface area contributed by atoms with Gasteiger partial charge >= 0.3 is 5.97 Å². The van der Waals surface area contributed by atoms with Crippen molar-refractivity contribution >= 4 is 11.9 Å². The number of hydrogen-bond acceptors (Lipinski definition) is 3. The zero-order valence-corrected chi connectivity index (χ0v) is 11.1. The summed E-state index contributed by atoms with van der Waals surface area (Å²) in [6.45, 7) is 1.86. The summed E-state index contributed by atoms with van der Waals surface area (Å²) in [5.74, 6) is -2.06. The number of carbonyl (C=O) groups is 2. The number of aromatic amines is 1. The number of nitrogens with zero attached hydrogens (tertiary/aromatic N) is 1. The number of amides is 1. The van der Waals surface area contributed by atoms with Crippen molar-refractivity contribution in [3.63, 3.8) is 0 Å². The molecule has 3 N–H and O–H groups in total. The first kappa shape index (κ1) is 12.9. The van der Waals surface area contributed by atoms with E-state index in [1.807, 2.05) is 19.1 Å². The number of carboxylic acid groups (broad SMARTS) is 1. The maximum Gasteiger partial charge on any atom is 0.307 e. The minimum absolute atomic E-state index is 0.00233. The quantitative estimate of drug-likeness (QED) is 0.717. The molecule has 2 aliphatic carbocycles. The fourth-order valence-corrected chi connectivity index (χ4v) is 3.41. The van der Waals surface area contributed by atoms with E-state index in [9.17, 15) is 14.7 Å². The average Bonchev–Trinajstić information content (AvgIpc) is 3.13. The van der Waals surface area contributed by atoms with E-state index in [0.29, 0.717) is 0 Å². The number of nitrogens with one attached hydrogen (secondary N) is 2. The Morgan fingerprint density at radius 3 is 2.70 bits per heavy atom. The number of aromatic nitrogens is 2.